The molecule has 1 saturated heterocycles. The Kier molecular flexibility index (Phi) is 5.68. The molecule has 2 unspecified atom stereocenters. The largest absolute Gasteiger partial charge is 0.337 e. The summed E-state index contributed by atoms with van der Waals surface area (Å²) >= 11 is 0. The van der Waals surface area contributed by atoms with Gasteiger partial charge >= 0.3 is 0 Å². The van der Waals surface area contributed by atoms with Gasteiger partial charge in [0.15, 0.2) is 0 Å². The second-order valence-corrected chi connectivity index (χ2v) is 6.66. The first-order valence-electron chi connectivity index (χ1n) is 8.94. The van der Waals surface area contributed by atoms with Gasteiger partial charge < -0.3 is 20.1 Å². The minimum atomic E-state index is -0.0903. The van der Waals surface area contributed by atoms with Crippen LogP contribution >= 0.6 is 0 Å². The zero-order valence-corrected chi connectivity index (χ0v) is 15.2. The average Bonchev–Trinajstić information content (AvgIpc) is 3.15. The lowest BCUT2D eigenvalue weighted by Crippen LogP contribution is -2.57. The van der Waals surface area contributed by atoms with Crippen LogP contribution in [0, 0.1) is 0 Å². The summed E-state index contributed by atoms with van der Waals surface area (Å²) in [5, 5.41) is 6.24. The predicted octanol–water partition coefficient (Wildman–Crippen LogP) is 1.73. The molecule has 0 radical (unpaired) electrons. The number of nitrogens with zero attached hydrogens (tertiary/aromatic N) is 3. The molecule has 3 rings (SSSR count). The second-order valence-electron chi connectivity index (χ2n) is 6.66. The van der Waals surface area contributed by atoms with E-state index in [9.17, 15) is 9.59 Å². The van der Waals surface area contributed by atoms with Crippen LogP contribution < -0.4 is 10.6 Å². The van der Waals surface area contributed by atoms with E-state index in [4.69, 9.17) is 0 Å². The van der Waals surface area contributed by atoms with Gasteiger partial charge in [0.1, 0.15) is 0 Å². The summed E-state index contributed by atoms with van der Waals surface area (Å²) in [4.78, 5) is 30.8. The first-order valence-corrected chi connectivity index (χ1v) is 8.94. The normalized spacial score (nSPS) is 20.0. The third-order valence-electron chi connectivity index (χ3n) is 4.84. The Balaban J connectivity index is 1.62. The molecule has 0 aliphatic carbocycles. The van der Waals surface area contributed by atoms with Crippen molar-refractivity contribution in [1.82, 2.24) is 19.8 Å². The van der Waals surface area contributed by atoms with E-state index in [1.54, 1.807) is 36.8 Å². The van der Waals surface area contributed by atoms with Crippen molar-refractivity contribution in [2.45, 2.75) is 38.9 Å². The minimum Gasteiger partial charge on any atom is -0.337 e. The van der Waals surface area contributed by atoms with Gasteiger partial charge in [0.2, 0.25) is 5.91 Å². The summed E-state index contributed by atoms with van der Waals surface area (Å²) in [5.41, 5.74) is 1.24. The maximum absolute atomic E-state index is 12.9. The number of aryl methyl sites for hydroxylation is 1. The maximum Gasteiger partial charge on any atom is 0.254 e. The maximum atomic E-state index is 12.9. The smallest absolute Gasteiger partial charge is 0.254 e. The van der Waals surface area contributed by atoms with Crippen molar-refractivity contribution in [3.63, 3.8) is 0 Å². The highest BCUT2D eigenvalue weighted by molar-refractivity contribution is 5.97. The number of benzene rings is 1. The van der Waals surface area contributed by atoms with Crippen LogP contribution in [0.5, 0.6) is 0 Å². The Morgan fingerprint density at radius 1 is 1.35 bits per heavy atom. The van der Waals surface area contributed by atoms with Crippen LogP contribution in [0.1, 0.15) is 30.6 Å². The van der Waals surface area contributed by atoms with Crippen LogP contribution in [0.3, 0.4) is 0 Å². The van der Waals surface area contributed by atoms with E-state index in [0.717, 1.165) is 6.54 Å². The number of imidazole rings is 1. The Bertz CT molecular complexity index is 759. The lowest BCUT2D eigenvalue weighted by molar-refractivity contribution is -0.116. The molecule has 7 heteroatoms. The molecule has 2 heterocycles. The van der Waals surface area contributed by atoms with Gasteiger partial charge in [0.05, 0.1) is 6.33 Å². The Morgan fingerprint density at radius 3 is 2.96 bits per heavy atom. The quantitative estimate of drug-likeness (QED) is 0.856. The fourth-order valence-electron chi connectivity index (χ4n) is 3.11. The fraction of sp³-hybridized carbons (Fsp3) is 0.421. The highest BCUT2D eigenvalue weighted by atomic mass is 16.2. The van der Waals surface area contributed by atoms with Crippen molar-refractivity contribution in [2.75, 3.05) is 18.4 Å². The minimum absolute atomic E-state index is 0.000337. The molecule has 7 nitrogen and oxygen atoms in total. The Hall–Kier alpha value is -2.67. The zero-order chi connectivity index (χ0) is 18.5. The number of aromatic nitrogens is 2. The number of rotatable bonds is 5. The number of carbonyl (C=O) groups is 2. The van der Waals surface area contributed by atoms with Crippen molar-refractivity contribution in [3.05, 3.63) is 48.5 Å². The van der Waals surface area contributed by atoms with Crippen LogP contribution in [0.4, 0.5) is 5.69 Å². The van der Waals surface area contributed by atoms with Crippen molar-refractivity contribution in [2.24, 2.45) is 0 Å². The molecule has 26 heavy (non-hydrogen) atoms. The monoisotopic (exact) mass is 355 g/mol. The van der Waals surface area contributed by atoms with Gasteiger partial charge in [0.25, 0.3) is 5.91 Å². The molecule has 0 spiro atoms. The van der Waals surface area contributed by atoms with Crippen LogP contribution in [0.25, 0.3) is 0 Å². The summed E-state index contributed by atoms with van der Waals surface area (Å²) in [6, 6.07) is 7.54. The molecule has 1 aromatic carbocycles. The Morgan fingerprint density at radius 2 is 2.19 bits per heavy atom. The van der Waals surface area contributed by atoms with Gasteiger partial charge in [-0.2, -0.15) is 0 Å². The number of amides is 2. The van der Waals surface area contributed by atoms with Crippen LogP contribution in [0.15, 0.2) is 43.0 Å². The number of anilines is 1. The topological polar surface area (TPSA) is 79.3 Å². The highest BCUT2D eigenvalue weighted by Crippen LogP contribution is 2.17. The number of nitrogens with one attached hydrogen (secondary N) is 2. The van der Waals surface area contributed by atoms with E-state index in [2.05, 4.69) is 29.5 Å². The van der Waals surface area contributed by atoms with E-state index < -0.39 is 0 Å². The highest BCUT2D eigenvalue weighted by Gasteiger charge is 2.28. The van der Waals surface area contributed by atoms with E-state index in [0.29, 0.717) is 30.8 Å². The van der Waals surface area contributed by atoms with Crippen LogP contribution in [-0.2, 0) is 11.3 Å². The summed E-state index contributed by atoms with van der Waals surface area (Å²) in [7, 11) is 0. The molecule has 1 aliphatic rings. The molecule has 1 fully saturated rings. The van der Waals surface area contributed by atoms with Gasteiger partial charge in [-0.15, -0.1) is 0 Å². The second kappa shape index (κ2) is 8.14. The van der Waals surface area contributed by atoms with Crippen molar-refractivity contribution >= 4 is 17.5 Å². The third kappa shape index (κ3) is 4.29. The van der Waals surface area contributed by atoms with Crippen molar-refractivity contribution < 1.29 is 9.59 Å². The summed E-state index contributed by atoms with van der Waals surface area (Å²) < 4.78 is 1.85. The van der Waals surface area contributed by atoms with Crippen molar-refractivity contribution in [1.29, 1.82) is 0 Å². The number of carbonyl (C=O) groups excluding carboxylic acids is 2. The van der Waals surface area contributed by atoms with E-state index >= 15 is 0 Å². The third-order valence-corrected chi connectivity index (χ3v) is 4.84. The number of hydrogen-bond acceptors (Lipinski definition) is 4. The molecule has 0 bridgehead atoms. The molecule has 138 valence electrons. The molecule has 2 amide bonds. The van der Waals surface area contributed by atoms with E-state index in [1.807, 2.05) is 15.7 Å². The molecular weight excluding hydrogens is 330 g/mol. The fourth-order valence-corrected chi connectivity index (χ4v) is 3.11. The molecule has 2 atom stereocenters. The molecule has 1 aliphatic heterocycles. The van der Waals surface area contributed by atoms with Crippen LogP contribution in [0.2, 0.25) is 0 Å². The number of hydrogen-bond donors (Lipinski definition) is 2. The van der Waals surface area contributed by atoms with Gasteiger partial charge in [-0.25, -0.2) is 4.98 Å². The van der Waals surface area contributed by atoms with Gasteiger partial charge in [-0.05, 0) is 32.0 Å². The van der Waals surface area contributed by atoms with Crippen LogP contribution in [-0.4, -0.2) is 51.4 Å². The molecule has 1 aromatic heterocycles. The molecule has 2 aromatic rings. The SMILES string of the molecule is CC1NCCN(C(=O)c2cccc(NC(=O)CCn3ccnc3)c2)C1C. The summed E-state index contributed by atoms with van der Waals surface area (Å²) in [5.74, 6) is -0.0900. The van der Waals surface area contributed by atoms with E-state index in [1.165, 1.54) is 0 Å². The lowest BCUT2D eigenvalue weighted by atomic mass is 10.0. The standard InChI is InChI=1S/C19H25N5O2/c1-14-15(2)24(11-8-21-14)19(26)16-4-3-5-17(12-16)22-18(25)6-9-23-10-7-20-13-23/h3-5,7,10,12-15,21H,6,8-9,11H2,1-2H3,(H,22,25). The van der Waals surface area contributed by atoms with Gasteiger partial charge in [-0.1, -0.05) is 6.07 Å². The number of piperazine rings is 1. The molecular formula is C19H25N5O2. The summed E-state index contributed by atoms with van der Waals surface area (Å²) in [6.45, 7) is 6.19. The van der Waals surface area contributed by atoms with Crippen molar-refractivity contribution in [3.8, 4) is 0 Å². The van der Waals surface area contributed by atoms with Gasteiger partial charge in [0, 0.05) is 61.8 Å². The first-order chi connectivity index (χ1) is 12.5. The van der Waals surface area contributed by atoms with E-state index in [-0.39, 0.29) is 23.9 Å². The predicted molar refractivity (Wildman–Crippen MR) is 99.9 cm³/mol. The zero-order valence-electron chi connectivity index (χ0n) is 15.2. The average molecular weight is 355 g/mol. The van der Waals surface area contributed by atoms with Gasteiger partial charge in [-0.3, -0.25) is 9.59 Å². The lowest BCUT2D eigenvalue weighted by Gasteiger charge is -2.38. The Labute approximate surface area is 153 Å². The summed E-state index contributed by atoms with van der Waals surface area (Å²) in [6.07, 6.45) is 5.54. The first kappa shape index (κ1) is 18.1. The molecule has 2 N–H and O–H groups in total. The molecule has 0 saturated carbocycles.